The maximum absolute atomic E-state index is 12.8. The van der Waals surface area contributed by atoms with Crippen LogP contribution in [0.15, 0.2) is 57.0 Å². The first-order valence-corrected chi connectivity index (χ1v) is 11.3. The van der Waals surface area contributed by atoms with Crippen molar-refractivity contribution >= 4 is 39.6 Å². The number of ether oxygens (including phenoxy) is 1. The molecule has 2 aromatic rings. The van der Waals surface area contributed by atoms with E-state index in [0.717, 1.165) is 35.3 Å². The normalized spacial score (nSPS) is 20.4. The standard InChI is InChI=1S/C21H22BrN3O3S/c22-14-3-5-16(6-4-14)29-19-17(2-1-9-24-19)18(26)25-13-15-12-21(20(27)28-15)7-10-23-11-8-21/h1-6,9,15,23H,7-8,10-13H2,(H,25,26). The molecule has 0 saturated carbocycles. The minimum Gasteiger partial charge on any atom is -0.460 e. The van der Waals surface area contributed by atoms with Crippen molar-refractivity contribution in [1.29, 1.82) is 0 Å². The second-order valence-electron chi connectivity index (χ2n) is 7.38. The van der Waals surface area contributed by atoms with Crippen LogP contribution in [0.4, 0.5) is 0 Å². The number of hydrogen-bond donors (Lipinski definition) is 2. The van der Waals surface area contributed by atoms with Crippen LogP contribution in [-0.2, 0) is 9.53 Å². The third-order valence-electron chi connectivity index (χ3n) is 5.42. The highest BCUT2D eigenvalue weighted by Gasteiger charge is 2.49. The predicted molar refractivity (Wildman–Crippen MR) is 114 cm³/mol. The van der Waals surface area contributed by atoms with Crippen molar-refractivity contribution in [2.24, 2.45) is 5.41 Å². The summed E-state index contributed by atoms with van der Waals surface area (Å²) in [5.41, 5.74) is 0.138. The van der Waals surface area contributed by atoms with Gasteiger partial charge in [0.25, 0.3) is 5.91 Å². The molecule has 1 aromatic carbocycles. The van der Waals surface area contributed by atoms with Crippen LogP contribution >= 0.6 is 27.7 Å². The number of rotatable bonds is 5. The number of nitrogens with one attached hydrogen (secondary N) is 2. The molecule has 1 atom stereocenters. The molecular formula is C21H22BrN3O3S. The van der Waals surface area contributed by atoms with Crippen LogP contribution in [0.1, 0.15) is 29.6 Å². The van der Waals surface area contributed by atoms with E-state index in [1.54, 1.807) is 18.3 Å². The molecule has 1 unspecified atom stereocenters. The largest absolute Gasteiger partial charge is 0.460 e. The van der Waals surface area contributed by atoms with Crippen LogP contribution in [0.25, 0.3) is 0 Å². The van der Waals surface area contributed by atoms with E-state index >= 15 is 0 Å². The van der Waals surface area contributed by atoms with Crippen molar-refractivity contribution in [3.05, 3.63) is 52.6 Å². The lowest BCUT2D eigenvalue weighted by Gasteiger charge is -2.29. The summed E-state index contributed by atoms with van der Waals surface area (Å²) in [6.07, 6.45) is 3.67. The molecule has 152 valence electrons. The Bertz CT molecular complexity index is 900. The van der Waals surface area contributed by atoms with Crippen molar-refractivity contribution in [2.45, 2.75) is 35.3 Å². The average Bonchev–Trinajstić information content (AvgIpc) is 3.03. The topological polar surface area (TPSA) is 80.3 Å². The van der Waals surface area contributed by atoms with Crippen LogP contribution in [0.3, 0.4) is 0 Å². The first kappa shape index (κ1) is 20.4. The first-order chi connectivity index (χ1) is 14.1. The van der Waals surface area contributed by atoms with Gasteiger partial charge in [-0.3, -0.25) is 9.59 Å². The Morgan fingerprint density at radius 1 is 1.28 bits per heavy atom. The SMILES string of the molecule is O=C(NCC1CC2(CCNCC2)C(=O)O1)c1cccnc1Sc1ccc(Br)cc1. The smallest absolute Gasteiger partial charge is 0.312 e. The summed E-state index contributed by atoms with van der Waals surface area (Å²) < 4.78 is 6.57. The number of halogens is 1. The van der Waals surface area contributed by atoms with Gasteiger partial charge in [-0.25, -0.2) is 4.98 Å². The van der Waals surface area contributed by atoms with Gasteiger partial charge in [-0.1, -0.05) is 27.7 Å². The fraction of sp³-hybridized carbons (Fsp3) is 0.381. The lowest BCUT2D eigenvalue weighted by molar-refractivity contribution is -0.149. The number of piperidine rings is 1. The number of cyclic esters (lactones) is 1. The Labute approximate surface area is 182 Å². The molecule has 1 spiro atoms. The van der Waals surface area contributed by atoms with Crippen molar-refractivity contribution in [3.63, 3.8) is 0 Å². The van der Waals surface area contributed by atoms with Crippen molar-refractivity contribution < 1.29 is 14.3 Å². The molecule has 8 heteroatoms. The van der Waals surface area contributed by atoms with Gasteiger partial charge in [0.2, 0.25) is 0 Å². The molecule has 2 N–H and O–H groups in total. The molecular weight excluding hydrogens is 454 g/mol. The molecule has 6 nitrogen and oxygen atoms in total. The van der Waals surface area contributed by atoms with Crippen LogP contribution in [0.5, 0.6) is 0 Å². The van der Waals surface area contributed by atoms with Gasteiger partial charge >= 0.3 is 5.97 Å². The molecule has 2 aliphatic rings. The molecule has 0 radical (unpaired) electrons. The molecule has 1 amide bonds. The zero-order valence-electron chi connectivity index (χ0n) is 15.8. The maximum atomic E-state index is 12.8. The van der Waals surface area contributed by atoms with Gasteiger partial charge in [0, 0.05) is 22.0 Å². The highest BCUT2D eigenvalue weighted by Crippen LogP contribution is 2.41. The van der Waals surface area contributed by atoms with Gasteiger partial charge in [0.15, 0.2) is 0 Å². The number of amides is 1. The lowest BCUT2D eigenvalue weighted by Crippen LogP contribution is -2.39. The van der Waals surface area contributed by atoms with Gasteiger partial charge in [0.1, 0.15) is 11.1 Å². The van der Waals surface area contributed by atoms with Gasteiger partial charge in [0.05, 0.1) is 17.5 Å². The Morgan fingerprint density at radius 2 is 2.03 bits per heavy atom. The quantitative estimate of drug-likeness (QED) is 0.644. The molecule has 29 heavy (non-hydrogen) atoms. The highest BCUT2D eigenvalue weighted by atomic mass is 79.9. The van der Waals surface area contributed by atoms with Gasteiger partial charge in [-0.15, -0.1) is 0 Å². The number of hydrogen-bond acceptors (Lipinski definition) is 6. The van der Waals surface area contributed by atoms with E-state index in [2.05, 4.69) is 31.5 Å². The van der Waals surface area contributed by atoms with E-state index in [4.69, 9.17) is 4.74 Å². The summed E-state index contributed by atoms with van der Waals surface area (Å²) in [6, 6.07) is 11.4. The summed E-state index contributed by atoms with van der Waals surface area (Å²) in [5.74, 6) is -0.328. The van der Waals surface area contributed by atoms with Crippen LogP contribution in [0.2, 0.25) is 0 Å². The molecule has 2 saturated heterocycles. The Kier molecular flexibility index (Phi) is 6.22. The minimum absolute atomic E-state index is 0.119. The van der Waals surface area contributed by atoms with Crippen LogP contribution in [-0.4, -0.2) is 42.6 Å². The molecule has 0 bridgehead atoms. The molecule has 0 aliphatic carbocycles. The Hall–Kier alpha value is -1.90. The van der Waals surface area contributed by atoms with E-state index < -0.39 is 0 Å². The summed E-state index contributed by atoms with van der Waals surface area (Å²) in [5, 5.41) is 6.85. The number of aromatic nitrogens is 1. The third kappa shape index (κ3) is 4.65. The van der Waals surface area contributed by atoms with E-state index in [0.29, 0.717) is 23.6 Å². The molecule has 2 aliphatic heterocycles. The monoisotopic (exact) mass is 475 g/mol. The fourth-order valence-electron chi connectivity index (χ4n) is 3.83. The van der Waals surface area contributed by atoms with Gasteiger partial charge < -0.3 is 15.4 Å². The second-order valence-corrected chi connectivity index (χ2v) is 9.36. The Balaban J connectivity index is 1.39. The predicted octanol–water partition coefficient (Wildman–Crippen LogP) is 3.41. The summed E-state index contributed by atoms with van der Waals surface area (Å²) >= 11 is 4.87. The second kappa shape index (κ2) is 8.85. The van der Waals surface area contributed by atoms with Gasteiger partial charge in [-0.2, -0.15) is 0 Å². The summed E-state index contributed by atoms with van der Waals surface area (Å²) in [6.45, 7) is 1.98. The van der Waals surface area contributed by atoms with Gasteiger partial charge in [-0.05, 0) is 62.3 Å². The average molecular weight is 476 g/mol. The number of pyridine rings is 1. The molecule has 2 fully saturated rings. The molecule has 1 aromatic heterocycles. The summed E-state index contributed by atoms with van der Waals surface area (Å²) in [4.78, 5) is 30.5. The number of benzene rings is 1. The fourth-order valence-corrected chi connectivity index (χ4v) is 4.97. The van der Waals surface area contributed by atoms with Crippen molar-refractivity contribution in [1.82, 2.24) is 15.6 Å². The molecule has 3 heterocycles. The zero-order chi connectivity index (χ0) is 20.3. The van der Waals surface area contributed by atoms with Crippen LogP contribution < -0.4 is 10.6 Å². The maximum Gasteiger partial charge on any atom is 0.312 e. The van der Waals surface area contributed by atoms with Crippen molar-refractivity contribution in [2.75, 3.05) is 19.6 Å². The lowest BCUT2D eigenvalue weighted by atomic mass is 9.76. The summed E-state index contributed by atoms with van der Waals surface area (Å²) in [7, 11) is 0. The van der Waals surface area contributed by atoms with E-state index in [-0.39, 0.29) is 23.4 Å². The van der Waals surface area contributed by atoms with Crippen molar-refractivity contribution in [3.8, 4) is 0 Å². The van der Waals surface area contributed by atoms with E-state index in [9.17, 15) is 9.59 Å². The van der Waals surface area contributed by atoms with E-state index in [1.807, 2.05) is 24.3 Å². The van der Waals surface area contributed by atoms with E-state index in [1.165, 1.54) is 11.8 Å². The number of esters is 1. The first-order valence-electron chi connectivity index (χ1n) is 9.64. The third-order valence-corrected chi connectivity index (χ3v) is 6.98. The Morgan fingerprint density at radius 3 is 2.79 bits per heavy atom. The zero-order valence-corrected chi connectivity index (χ0v) is 18.2. The molecule has 4 rings (SSSR count). The van der Waals surface area contributed by atoms with Crippen LogP contribution in [0, 0.1) is 5.41 Å². The minimum atomic E-state index is -0.377. The number of nitrogens with zero attached hydrogens (tertiary/aromatic N) is 1. The number of carbonyl (C=O) groups is 2. The highest BCUT2D eigenvalue weighted by molar-refractivity contribution is 9.10. The number of carbonyl (C=O) groups excluding carboxylic acids is 2.